The number of amides is 1. The van der Waals surface area contributed by atoms with E-state index in [9.17, 15) is 14.7 Å². The highest BCUT2D eigenvalue weighted by molar-refractivity contribution is 6.06. The number of aryl methyl sites for hydroxylation is 2. The summed E-state index contributed by atoms with van der Waals surface area (Å²) in [6.07, 6.45) is 1.88. The van der Waals surface area contributed by atoms with Gasteiger partial charge in [-0.1, -0.05) is 25.5 Å². The number of hydrogen-bond acceptors (Lipinski definition) is 2. The summed E-state index contributed by atoms with van der Waals surface area (Å²) in [5.41, 5.74) is 1.74. The summed E-state index contributed by atoms with van der Waals surface area (Å²) >= 11 is 0. The Bertz CT molecular complexity index is 523. The summed E-state index contributed by atoms with van der Waals surface area (Å²) in [6.45, 7) is 7.54. The fourth-order valence-corrected chi connectivity index (χ4v) is 2.35. The zero-order valence-corrected chi connectivity index (χ0v) is 12.9. The van der Waals surface area contributed by atoms with Crippen molar-refractivity contribution >= 4 is 11.9 Å². The second-order valence-electron chi connectivity index (χ2n) is 5.31. The summed E-state index contributed by atoms with van der Waals surface area (Å²) in [6, 6.07) is 3.63. The van der Waals surface area contributed by atoms with Crippen molar-refractivity contribution in [2.24, 2.45) is 0 Å². The van der Waals surface area contributed by atoms with Gasteiger partial charge >= 0.3 is 5.97 Å². The molecule has 1 atom stereocenters. The average Bonchev–Trinajstić information content (AvgIpc) is 2.39. The fourth-order valence-electron chi connectivity index (χ4n) is 2.35. The second-order valence-corrected chi connectivity index (χ2v) is 5.31. The van der Waals surface area contributed by atoms with Crippen LogP contribution in [0.15, 0.2) is 12.1 Å². The van der Waals surface area contributed by atoms with Crippen LogP contribution in [0, 0.1) is 13.8 Å². The standard InChI is InChI=1S/C16H23NO3/c1-6-7-12(4)17(5)15(18)13-10(2)8-9-11(3)14(13)16(19)20/h8-9,12H,6-7H2,1-5H3,(H,19,20). The number of hydrogen-bond donors (Lipinski definition) is 1. The van der Waals surface area contributed by atoms with Crippen LogP contribution < -0.4 is 0 Å². The molecule has 4 nitrogen and oxygen atoms in total. The second kappa shape index (κ2) is 6.55. The molecule has 0 aliphatic heterocycles. The van der Waals surface area contributed by atoms with Gasteiger partial charge < -0.3 is 10.0 Å². The number of benzene rings is 1. The molecule has 1 amide bonds. The van der Waals surface area contributed by atoms with Crippen LogP contribution in [-0.4, -0.2) is 35.0 Å². The van der Waals surface area contributed by atoms with Crippen LogP contribution in [-0.2, 0) is 0 Å². The molecule has 0 heterocycles. The number of carboxylic acid groups (broad SMARTS) is 1. The lowest BCUT2D eigenvalue weighted by atomic mass is 9.95. The van der Waals surface area contributed by atoms with Crippen LogP contribution in [0.25, 0.3) is 0 Å². The minimum atomic E-state index is -1.05. The quantitative estimate of drug-likeness (QED) is 0.898. The van der Waals surface area contributed by atoms with Crippen molar-refractivity contribution in [2.45, 2.75) is 46.6 Å². The first-order chi connectivity index (χ1) is 9.31. The Hall–Kier alpha value is -1.84. The molecule has 0 aliphatic rings. The van der Waals surface area contributed by atoms with Gasteiger partial charge in [0.15, 0.2) is 0 Å². The Labute approximate surface area is 120 Å². The van der Waals surface area contributed by atoms with Crippen LogP contribution in [0.4, 0.5) is 0 Å². The molecule has 1 N–H and O–H groups in total. The molecule has 1 aromatic rings. The van der Waals surface area contributed by atoms with E-state index in [2.05, 4.69) is 6.92 Å². The van der Waals surface area contributed by atoms with Crippen LogP contribution in [0.5, 0.6) is 0 Å². The molecule has 1 aromatic carbocycles. The molecule has 4 heteroatoms. The van der Waals surface area contributed by atoms with Crippen LogP contribution in [0.1, 0.15) is 58.5 Å². The zero-order chi connectivity index (χ0) is 15.4. The van der Waals surface area contributed by atoms with Crippen LogP contribution >= 0.6 is 0 Å². The SMILES string of the molecule is CCCC(C)N(C)C(=O)c1c(C)ccc(C)c1C(=O)O. The molecular formula is C16H23NO3. The first-order valence-corrected chi connectivity index (χ1v) is 6.91. The number of carbonyl (C=O) groups is 2. The molecular weight excluding hydrogens is 254 g/mol. The third-order valence-corrected chi connectivity index (χ3v) is 3.74. The van der Waals surface area contributed by atoms with Gasteiger partial charge in [-0.05, 0) is 38.3 Å². The molecule has 0 aromatic heterocycles. The van der Waals surface area contributed by atoms with Crippen LogP contribution in [0.2, 0.25) is 0 Å². The highest BCUT2D eigenvalue weighted by Gasteiger charge is 2.25. The van der Waals surface area contributed by atoms with Gasteiger partial charge in [-0.25, -0.2) is 4.79 Å². The van der Waals surface area contributed by atoms with Crippen molar-refractivity contribution in [2.75, 3.05) is 7.05 Å². The number of rotatable bonds is 5. The van der Waals surface area contributed by atoms with Crippen LogP contribution in [0.3, 0.4) is 0 Å². The topological polar surface area (TPSA) is 57.6 Å². The summed E-state index contributed by atoms with van der Waals surface area (Å²) in [4.78, 5) is 25.7. The van der Waals surface area contributed by atoms with Gasteiger partial charge in [0.2, 0.25) is 0 Å². The predicted molar refractivity (Wildman–Crippen MR) is 79.3 cm³/mol. The first-order valence-electron chi connectivity index (χ1n) is 6.91. The van der Waals surface area contributed by atoms with Gasteiger partial charge in [0.05, 0.1) is 11.1 Å². The van der Waals surface area contributed by atoms with Gasteiger partial charge in [-0.3, -0.25) is 4.79 Å². The van der Waals surface area contributed by atoms with E-state index in [1.54, 1.807) is 37.9 Å². The highest BCUT2D eigenvalue weighted by Crippen LogP contribution is 2.21. The van der Waals surface area contributed by atoms with Gasteiger partial charge in [0, 0.05) is 13.1 Å². The molecule has 1 rings (SSSR count). The molecule has 1 unspecified atom stereocenters. The van der Waals surface area contributed by atoms with Crippen molar-refractivity contribution in [1.29, 1.82) is 0 Å². The number of nitrogens with zero attached hydrogens (tertiary/aromatic N) is 1. The van der Waals surface area contributed by atoms with E-state index in [1.165, 1.54) is 0 Å². The van der Waals surface area contributed by atoms with E-state index < -0.39 is 5.97 Å². The van der Waals surface area contributed by atoms with Gasteiger partial charge in [-0.2, -0.15) is 0 Å². The Morgan fingerprint density at radius 1 is 1.20 bits per heavy atom. The van der Waals surface area contributed by atoms with Crippen molar-refractivity contribution < 1.29 is 14.7 Å². The van der Waals surface area contributed by atoms with E-state index >= 15 is 0 Å². The Kier molecular flexibility index (Phi) is 5.31. The molecule has 0 bridgehead atoms. The lowest BCUT2D eigenvalue weighted by Crippen LogP contribution is -2.36. The van der Waals surface area contributed by atoms with Gasteiger partial charge in [0.25, 0.3) is 5.91 Å². The Morgan fingerprint density at radius 3 is 2.15 bits per heavy atom. The normalized spacial score (nSPS) is 12.1. The van der Waals surface area contributed by atoms with Crippen molar-refractivity contribution in [3.05, 3.63) is 34.4 Å². The maximum atomic E-state index is 12.6. The zero-order valence-electron chi connectivity index (χ0n) is 12.9. The number of carbonyl (C=O) groups excluding carboxylic acids is 1. The third-order valence-electron chi connectivity index (χ3n) is 3.74. The Morgan fingerprint density at radius 2 is 1.70 bits per heavy atom. The van der Waals surface area contributed by atoms with E-state index in [1.807, 2.05) is 6.92 Å². The molecule has 0 saturated carbocycles. The smallest absolute Gasteiger partial charge is 0.336 e. The van der Waals surface area contributed by atoms with Gasteiger partial charge in [-0.15, -0.1) is 0 Å². The first kappa shape index (κ1) is 16.2. The summed E-state index contributed by atoms with van der Waals surface area (Å²) in [5.74, 6) is -1.27. The number of aromatic carboxylic acids is 1. The molecule has 0 spiro atoms. The summed E-state index contributed by atoms with van der Waals surface area (Å²) < 4.78 is 0. The minimum Gasteiger partial charge on any atom is -0.478 e. The molecule has 0 saturated heterocycles. The molecule has 0 aliphatic carbocycles. The predicted octanol–water partition coefficient (Wildman–Crippen LogP) is 3.26. The largest absolute Gasteiger partial charge is 0.478 e. The molecule has 0 radical (unpaired) electrons. The maximum absolute atomic E-state index is 12.6. The lowest BCUT2D eigenvalue weighted by Gasteiger charge is -2.26. The highest BCUT2D eigenvalue weighted by atomic mass is 16.4. The summed E-state index contributed by atoms with van der Waals surface area (Å²) in [5, 5.41) is 9.37. The van der Waals surface area contributed by atoms with E-state index in [0.29, 0.717) is 16.7 Å². The van der Waals surface area contributed by atoms with Gasteiger partial charge in [0.1, 0.15) is 0 Å². The van der Waals surface area contributed by atoms with E-state index in [4.69, 9.17) is 0 Å². The third kappa shape index (κ3) is 3.18. The lowest BCUT2D eigenvalue weighted by molar-refractivity contribution is 0.0668. The summed E-state index contributed by atoms with van der Waals surface area (Å²) in [7, 11) is 1.73. The monoisotopic (exact) mass is 277 g/mol. The fraction of sp³-hybridized carbons (Fsp3) is 0.500. The molecule has 0 fully saturated rings. The molecule has 110 valence electrons. The van der Waals surface area contributed by atoms with Crippen molar-refractivity contribution in [1.82, 2.24) is 4.90 Å². The van der Waals surface area contributed by atoms with Crippen molar-refractivity contribution in [3.8, 4) is 0 Å². The molecule has 20 heavy (non-hydrogen) atoms. The maximum Gasteiger partial charge on any atom is 0.336 e. The van der Waals surface area contributed by atoms with Crippen molar-refractivity contribution in [3.63, 3.8) is 0 Å². The minimum absolute atomic E-state index is 0.0917. The number of carboxylic acids is 1. The van der Waals surface area contributed by atoms with E-state index in [-0.39, 0.29) is 17.5 Å². The van der Waals surface area contributed by atoms with E-state index in [0.717, 1.165) is 12.8 Å². The average molecular weight is 277 g/mol. The Balaban J connectivity index is 3.28.